The van der Waals surface area contributed by atoms with E-state index in [1.165, 1.54) is 18.7 Å². The number of hydrogen-bond donors (Lipinski definition) is 0. The maximum atomic E-state index is 10.7. The van der Waals surface area contributed by atoms with Crippen LogP contribution in [0.2, 0.25) is 0 Å². The van der Waals surface area contributed by atoms with E-state index < -0.39 is 0 Å². The zero-order chi connectivity index (χ0) is 12.7. The third kappa shape index (κ3) is 4.83. The highest BCUT2D eigenvalue weighted by Crippen LogP contribution is 2.21. The first-order chi connectivity index (χ1) is 8.15. The Labute approximate surface area is 105 Å². The van der Waals surface area contributed by atoms with Crippen LogP contribution in [-0.2, 0) is 4.79 Å². The molecule has 0 saturated heterocycles. The molecule has 0 saturated carbocycles. The Morgan fingerprint density at radius 3 is 2.29 bits per heavy atom. The molecule has 0 atom stereocenters. The molecule has 0 spiro atoms. The molecule has 90 valence electrons. The lowest BCUT2D eigenvalue weighted by Crippen LogP contribution is -1.89. The molecule has 0 bridgehead atoms. The monoisotopic (exact) mass is 250 g/mol. The summed E-state index contributed by atoms with van der Waals surface area (Å²) < 4.78 is 10.3. The van der Waals surface area contributed by atoms with E-state index in [-0.39, 0.29) is 5.12 Å². The Balaban J connectivity index is 2.79. The van der Waals surface area contributed by atoms with Gasteiger partial charge in [0.2, 0.25) is 0 Å². The number of carbonyl (C=O) groups excluding carboxylic acids is 1. The number of carbonyl (C=O) groups is 1. The fourth-order valence-corrected chi connectivity index (χ4v) is 1.50. The zero-order valence-corrected chi connectivity index (χ0v) is 10.9. The van der Waals surface area contributed by atoms with Crippen LogP contribution in [0.3, 0.4) is 0 Å². The Kier molecular flexibility index (Phi) is 5.44. The summed E-state index contributed by atoms with van der Waals surface area (Å²) >= 11 is 1.20. The number of rotatable bonds is 3. The highest BCUT2D eigenvalue weighted by atomic mass is 32.2. The van der Waals surface area contributed by atoms with Gasteiger partial charge in [0.25, 0.3) is 0 Å². The summed E-state index contributed by atoms with van der Waals surface area (Å²) in [7, 11) is 3.19. The molecule has 1 rings (SSSR count). The van der Waals surface area contributed by atoms with Gasteiger partial charge in [0, 0.05) is 18.6 Å². The quantitative estimate of drug-likeness (QED) is 0.771. The lowest BCUT2D eigenvalue weighted by molar-refractivity contribution is -0.109. The summed E-state index contributed by atoms with van der Waals surface area (Å²) in [4.78, 5) is 10.7. The van der Waals surface area contributed by atoms with Gasteiger partial charge >= 0.3 is 0 Å². The minimum Gasteiger partial charge on any atom is -0.497 e. The van der Waals surface area contributed by atoms with Crippen LogP contribution in [0.4, 0.5) is 0 Å². The topological polar surface area (TPSA) is 35.5 Å². The van der Waals surface area contributed by atoms with Gasteiger partial charge in [-0.25, -0.2) is 0 Å². The Hall–Kier alpha value is -1.60. The average molecular weight is 250 g/mol. The summed E-state index contributed by atoms with van der Waals surface area (Å²) in [5.74, 6) is 7.78. The molecule has 4 heteroatoms. The van der Waals surface area contributed by atoms with Gasteiger partial charge in [-0.1, -0.05) is 23.6 Å². The van der Waals surface area contributed by atoms with Gasteiger partial charge in [0.1, 0.15) is 11.5 Å². The average Bonchev–Trinajstić information content (AvgIpc) is 2.34. The van der Waals surface area contributed by atoms with E-state index in [2.05, 4.69) is 11.8 Å². The molecule has 0 aromatic heterocycles. The van der Waals surface area contributed by atoms with Gasteiger partial charge in [0.15, 0.2) is 5.12 Å². The molecule has 1 aromatic carbocycles. The molecule has 0 aliphatic heterocycles. The largest absolute Gasteiger partial charge is 0.497 e. The van der Waals surface area contributed by atoms with Crippen LogP contribution in [0.1, 0.15) is 12.5 Å². The maximum absolute atomic E-state index is 10.7. The van der Waals surface area contributed by atoms with E-state index in [0.717, 1.165) is 5.56 Å². The van der Waals surface area contributed by atoms with Crippen molar-refractivity contribution in [3.05, 3.63) is 23.8 Å². The third-order valence-electron chi connectivity index (χ3n) is 1.93. The molecular formula is C13H14O3S. The highest BCUT2D eigenvalue weighted by molar-refractivity contribution is 8.13. The molecule has 0 unspecified atom stereocenters. The van der Waals surface area contributed by atoms with Crippen LogP contribution in [0, 0.1) is 11.8 Å². The van der Waals surface area contributed by atoms with Crippen LogP contribution in [0.25, 0.3) is 0 Å². The minimum absolute atomic E-state index is 0.0718. The third-order valence-corrected chi connectivity index (χ3v) is 2.63. The zero-order valence-electron chi connectivity index (χ0n) is 10.1. The lowest BCUT2D eigenvalue weighted by Gasteiger charge is -2.04. The van der Waals surface area contributed by atoms with Gasteiger partial charge < -0.3 is 9.47 Å². The maximum Gasteiger partial charge on any atom is 0.186 e. The van der Waals surface area contributed by atoms with E-state index in [4.69, 9.17) is 9.47 Å². The second-order valence-corrected chi connectivity index (χ2v) is 4.34. The molecule has 3 nitrogen and oxygen atoms in total. The fourth-order valence-electron chi connectivity index (χ4n) is 1.16. The second-order valence-electron chi connectivity index (χ2n) is 3.18. The SMILES string of the molecule is COc1cc(C#CCSC(C)=O)cc(OC)c1. The van der Waals surface area contributed by atoms with Crippen LogP contribution in [0.5, 0.6) is 11.5 Å². The molecular weight excluding hydrogens is 236 g/mol. The lowest BCUT2D eigenvalue weighted by atomic mass is 10.2. The predicted molar refractivity (Wildman–Crippen MR) is 69.6 cm³/mol. The highest BCUT2D eigenvalue weighted by Gasteiger charge is 1.99. The molecule has 0 aliphatic rings. The first kappa shape index (κ1) is 13.5. The van der Waals surface area contributed by atoms with Crippen LogP contribution >= 0.6 is 11.8 Å². The van der Waals surface area contributed by atoms with Crippen LogP contribution < -0.4 is 9.47 Å². The molecule has 0 amide bonds. The molecule has 1 aromatic rings. The van der Waals surface area contributed by atoms with Crippen molar-refractivity contribution >= 4 is 16.9 Å². The first-order valence-electron chi connectivity index (χ1n) is 5.01. The Bertz CT molecular complexity index is 435. The smallest absolute Gasteiger partial charge is 0.186 e. The second kappa shape index (κ2) is 6.87. The van der Waals surface area contributed by atoms with Gasteiger partial charge in [0.05, 0.1) is 20.0 Å². The summed E-state index contributed by atoms with van der Waals surface area (Å²) in [6.45, 7) is 1.53. The van der Waals surface area contributed by atoms with Crippen molar-refractivity contribution in [3.63, 3.8) is 0 Å². The van der Waals surface area contributed by atoms with E-state index in [0.29, 0.717) is 17.3 Å². The van der Waals surface area contributed by atoms with Crippen LogP contribution in [-0.4, -0.2) is 25.1 Å². The molecule has 17 heavy (non-hydrogen) atoms. The van der Waals surface area contributed by atoms with Gasteiger partial charge in [-0.15, -0.1) is 0 Å². The number of benzene rings is 1. The standard InChI is InChI=1S/C13H14O3S/c1-10(14)17-6-4-5-11-7-12(15-2)9-13(8-11)16-3/h7-9H,6H2,1-3H3. The van der Waals surface area contributed by atoms with E-state index in [1.807, 2.05) is 12.1 Å². The summed E-state index contributed by atoms with van der Waals surface area (Å²) in [6, 6.07) is 5.44. The van der Waals surface area contributed by atoms with Crippen molar-refractivity contribution in [2.45, 2.75) is 6.92 Å². The van der Waals surface area contributed by atoms with Crippen molar-refractivity contribution in [1.29, 1.82) is 0 Å². The Morgan fingerprint density at radius 1 is 1.24 bits per heavy atom. The van der Waals surface area contributed by atoms with Crippen molar-refractivity contribution in [2.24, 2.45) is 0 Å². The number of methoxy groups -OCH3 is 2. The van der Waals surface area contributed by atoms with E-state index >= 15 is 0 Å². The van der Waals surface area contributed by atoms with Gasteiger partial charge in [-0.05, 0) is 12.1 Å². The van der Waals surface area contributed by atoms with Crippen molar-refractivity contribution in [3.8, 4) is 23.3 Å². The van der Waals surface area contributed by atoms with Crippen LogP contribution in [0.15, 0.2) is 18.2 Å². The summed E-state index contributed by atoms with van der Waals surface area (Å²) in [5.41, 5.74) is 0.811. The van der Waals surface area contributed by atoms with Gasteiger partial charge in [-0.2, -0.15) is 0 Å². The van der Waals surface area contributed by atoms with Gasteiger partial charge in [-0.3, -0.25) is 4.79 Å². The van der Waals surface area contributed by atoms with Crippen molar-refractivity contribution in [2.75, 3.05) is 20.0 Å². The summed E-state index contributed by atoms with van der Waals surface area (Å²) in [5, 5.41) is 0.0718. The van der Waals surface area contributed by atoms with E-state index in [1.54, 1.807) is 20.3 Å². The molecule has 0 heterocycles. The van der Waals surface area contributed by atoms with E-state index in [9.17, 15) is 4.79 Å². The first-order valence-corrected chi connectivity index (χ1v) is 5.99. The van der Waals surface area contributed by atoms with Crippen molar-refractivity contribution in [1.82, 2.24) is 0 Å². The minimum atomic E-state index is 0.0718. The number of hydrogen-bond acceptors (Lipinski definition) is 4. The normalized spacial score (nSPS) is 9.12. The Morgan fingerprint density at radius 2 is 1.82 bits per heavy atom. The fraction of sp³-hybridized carbons (Fsp3) is 0.308. The number of ether oxygens (including phenoxy) is 2. The predicted octanol–water partition coefficient (Wildman–Crippen LogP) is 2.33. The van der Waals surface area contributed by atoms with Crippen molar-refractivity contribution < 1.29 is 14.3 Å². The summed E-state index contributed by atoms with van der Waals surface area (Å²) in [6.07, 6.45) is 0. The molecule has 0 N–H and O–H groups in total. The number of thioether (sulfide) groups is 1. The molecule has 0 radical (unpaired) electrons. The molecule has 0 aliphatic carbocycles. The molecule has 0 fully saturated rings.